The molecule has 0 aromatic carbocycles. The molecule has 3 N–H and O–H groups in total. The number of nitrogen functional groups attached to an aromatic ring is 1. The fourth-order valence-electron chi connectivity index (χ4n) is 2.68. The Labute approximate surface area is 143 Å². The summed E-state index contributed by atoms with van der Waals surface area (Å²) in [6.45, 7) is 4.21. The Morgan fingerprint density at radius 2 is 2.16 bits per heavy atom. The Morgan fingerprint density at radius 3 is 2.76 bits per heavy atom. The molecule has 0 radical (unpaired) electrons. The third-order valence-electron chi connectivity index (χ3n) is 4.23. The van der Waals surface area contributed by atoms with Gasteiger partial charge in [-0.1, -0.05) is 6.08 Å². The second-order valence-corrected chi connectivity index (χ2v) is 6.19. The molecular weight excluding hydrogens is 333 g/mol. The van der Waals surface area contributed by atoms with Crippen LogP contribution in [0.25, 0.3) is 11.3 Å². The SMILES string of the molecule is C=CCCn1cc(-c2cnc(N)c(C(F)(F)F)c2)nc1[C@@H](O)C1CC1. The monoisotopic (exact) mass is 352 g/mol. The van der Waals surface area contributed by atoms with Crippen molar-refractivity contribution in [2.45, 2.75) is 38.1 Å². The Bertz CT molecular complexity index is 781. The molecule has 0 aliphatic heterocycles. The molecule has 134 valence electrons. The van der Waals surface area contributed by atoms with Crippen molar-refractivity contribution < 1.29 is 18.3 Å². The minimum atomic E-state index is -4.59. The fourth-order valence-corrected chi connectivity index (χ4v) is 2.68. The molecule has 1 atom stereocenters. The summed E-state index contributed by atoms with van der Waals surface area (Å²) in [7, 11) is 0. The molecule has 3 rings (SSSR count). The molecule has 0 bridgehead atoms. The number of halogens is 3. The van der Waals surface area contributed by atoms with E-state index in [2.05, 4.69) is 16.5 Å². The topological polar surface area (TPSA) is 77.0 Å². The van der Waals surface area contributed by atoms with E-state index < -0.39 is 23.7 Å². The highest BCUT2D eigenvalue weighted by Gasteiger charge is 2.35. The van der Waals surface area contributed by atoms with Crippen molar-refractivity contribution in [3.63, 3.8) is 0 Å². The standard InChI is InChI=1S/C17H19F3N4O/c1-2-3-6-24-9-13(23-16(24)14(25)10-4-5-10)11-7-12(17(18,19)20)15(21)22-8-11/h2,7-10,14,25H,1,3-6H2,(H2,21,22)/t14-/m0/s1. The molecule has 1 saturated carbocycles. The summed E-state index contributed by atoms with van der Waals surface area (Å²) in [5.41, 5.74) is 4.89. The lowest BCUT2D eigenvalue weighted by Crippen LogP contribution is -2.10. The van der Waals surface area contributed by atoms with Gasteiger partial charge in [-0.05, 0) is 31.2 Å². The summed E-state index contributed by atoms with van der Waals surface area (Å²) >= 11 is 0. The van der Waals surface area contributed by atoms with Crippen LogP contribution >= 0.6 is 0 Å². The highest BCUT2D eigenvalue weighted by molar-refractivity contribution is 5.62. The molecule has 0 saturated heterocycles. The van der Waals surface area contributed by atoms with Crippen LogP contribution in [-0.2, 0) is 12.7 Å². The van der Waals surface area contributed by atoms with Crippen LogP contribution < -0.4 is 5.73 Å². The average molecular weight is 352 g/mol. The number of imidazole rings is 1. The van der Waals surface area contributed by atoms with Crippen molar-refractivity contribution in [2.24, 2.45) is 5.92 Å². The fraction of sp³-hybridized carbons (Fsp3) is 0.412. The van der Waals surface area contributed by atoms with Gasteiger partial charge in [0.1, 0.15) is 17.7 Å². The van der Waals surface area contributed by atoms with Crippen LogP contribution in [0.15, 0.2) is 31.1 Å². The number of anilines is 1. The molecule has 2 heterocycles. The molecule has 5 nitrogen and oxygen atoms in total. The van der Waals surface area contributed by atoms with E-state index in [1.165, 1.54) is 6.20 Å². The first-order valence-corrected chi connectivity index (χ1v) is 8.00. The number of aryl methyl sites for hydroxylation is 1. The predicted molar refractivity (Wildman–Crippen MR) is 87.4 cm³/mol. The van der Waals surface area contributed by atoms with Gasteiger partial charge in [-0.3, -0.25) is 0 Å². The van der Waals surface area contributed by atoms with Gasteiger partial charge >= 0.3 is 6.18 Å². The van der Waals surface area contributed by atoms with Crippen molar-refractivity contribution in [2.75, 3.05) is 5.73 Å². The van der Waals surface area contributed by atoms with Crippen LogP contribution in [0.3, 0.4) is 0 Å². The van der Waals surface area contributed by atoms with Gasteiger partial charge in [0.05, 0.1) is 11.3 Å². The quantitative estimate of drug-likeness (QED) is 0.779. The molecule has 2 aromatic heterocycles. The zero-order chi connectivity index (χ0) is 18.2. The zero-order valence-corrected chi connectivity index (χ0v) is 13.5. The number of aliphatic hydroxyl groups excluding tert-OH is 1. The van der Waals surface area contributed by atoms with Gasteiger partial charge in [-0.15, -0.1) is 6.58 Å². The average Bonchev–Trinajstić information content (AvgIpc) is 3.31. The molecule has 2 aromatic rings. The number of aromatic nitrogens is 3. The summed E-state index contributed by atoms with van der Waals surface area (Å²) in [5, 5.41) is 10.4. The van der Waals surface area contributed by atoms with Crippen LogP contribution in [0.5, 0.6) is 0 Å². The summed E-state index contributed by atoms with van der Waals surface area (Å²) < 4.78 is 40.9. The number of nitrogens with zero attached hydrogens (tertiary/aromatic N) is 3. The molecule has 0 spiro atoms. The van der Waals surface area contributed by atoms with Crippen molar-refractivity contribution in [3.8, 4) is 11.3 Å². The minimum absolute atomic E-state index is 0.160. The van der Waals surface area contributed by atoms with Crippen LogP contribution in [0, 0.1) is 5.92 Å². The number of allylic oxidation sites excluding steroid dienone is 1. The molecule has 1 aliphatic rings. The van der Waals surface area contributed by atoms with Gasteiger partial charge in [0, 0.05) is 24.5 Å². The second kappa shape index (κ2) is 6.51. The molecule has 25 heavy (non-hydrogen) atoms. The summed E-state index contributed by atoms with van der Waals surface area (Å²) in [5.74, 6) is 0.0540. The van der Waals surface area contributed by atoms with E-state index in [1.54, 1.807) is 16.8 Å². The first-order chi connectivity index (χ1) is 11.8. The number of aliphatic hydroxyl groups is 1. The van der Waals surface area contributed by atoms with Crippen molar-refractivity contribution in [3.05, 3.63) is 42.5 Å². The number of rotatable bonds is 6. The molecule has 1 fully saturated rings. The summed E-state index contributed by atoms with van der Waals surface area (Å²) in [6, 6.07) is 0.940. The highest BCUT2D eigenvalue weighted by atomic mass is 19.4. The maximum absolute atomic E-state index is 13.0. The largest absolute Gasteiger partial charge is 0.419 e. The first-order valence-electron chi connectivity index (χ1n) is 8.00. The first kappa shape index (κ1) is 17.5. The van der Waals surface area contributed by atoms with Crippen LogP contribution in [0.1, 0.15) is 36.8 Å². The molecule has 0 amide bonds. The normalized spacial score (nSPS) is 16.0. The molecule has 0 unspecified atom stereocenters. The Kier molecular flexibility index (Phi) is 4.55. The van der Waals surface area contributed by atoms with Crippen molar-refractivity contribution >= 4 is 5.82 Å². The van der Waals surface area contributed by atoms with Gasteiger partial charge < -0.3 is 15.4 Å². The van der Waals surface area contributed by atoms with Crippen molar-refractivity contribution in [1.82, 2.24) is 14.5 Å². The van der Waals surface area contributed by atoms with Crippen LogP contribution in [-0.4, -0.2) is 19.6 Å². The maximum Gasteiger partial charge on any atom is 0.419 e. The third kappa shape index (κ3) is 3.68. The van der Waals surface area contributed by atoms with Gasteiger partial charge in [0.2, 0.25) is 0 Å². The molecule has 8 heteroatoms. The van der Waals surface area contributed by atoms with E-state index in [0.717, 1.165) is 18.9 Å². The van der Waals surface area contributed by atoms with Crippen molar-refractivity contribution in [1.29, 1.82) is 0 Å². The lowest BCUT2D eigenvalue weighted by molar-refractivity contribution is -0.137. The Hall–Kier alpha value is -2.35. The Balaban J connectivity index is 2.00. The van der Waals surface area contributed by atoms with Gasteiger partial charge in [-0.2, -0.15) is 13.2 Å². The Morgan fingerprint density at radius 1 is 1.44 bits per heavy atom. The molecule has 1 aliphatic carbocycles. The number of hydrogen-bond acceptors (Lipinski definition) is 4. The summed E-state index contributed by atoms with van der Waals surface area (Å²) in [6.07, 6.45) is 1.83. The smallest absolute Gasteiger partial charge is 0.385 e. The predicted octanol–water partition coefficient (Wildman–Crippen LogP) is 3.57. The third-order valence-corrected chi connectivity index (χ3v) is 4.23. The van der Waals surface area contributed by atoms with E-state index in [0.29, 0.717) is 24.5 Å². The van der Waals surface area contributed by atoms with Gasteiger partial charge in [-0.25, -0.2) is 9.97 Å². The van der Waals surface area contributed by atoms with E-state index in [9.17, 15) is 18.3 Å². The van der Waals surface area contributed by atoms with Crippen LogP contribution in [0.4, 0.5) is 19.0 Å². The lowest BCUT2D eigenvalue weighted by atomic mass is 10.1. The zero-order valence-electron chi connectivity index (χ0n) is 13.5. The van der Waals surface area contributed by atoms with E-state index in [1.807, 2.05) is 0 Å². The van der Waals surface area contributed by atoms with E-state index in [4.69, 9.17) is 5.73 Å². The highest BCUT2D eigenvalue weighted by Crippen LogP contribution is 2.41. The van der Waals surface area contributed by atoms with Gasteiger partial charge in [0.15, 0.2) is 0 Å². The second-order valence-electron chi connectivity index (χ2n) is 6.19. The number of hydrogen-bond donors (Lipinski definition) is 2. The lowest BCUT2D eigenvalue weighted by Gasteiger charge is -2.11. The maximum atomic E-state index is 13.0. The molecular formula is C17H19F3N4O. The summed E-state index contributed by atoms with van der Waals surface area (Å²) in [4.78, 5) is 8.02. The number of alkyl halides is 3. The number of nitrogens with two attached hydrogens (primary N) is 1. The minimum Gasteiger partial charge on any atom is -0.385 e. The van der Waals surface area contributed by atoms with Gasteiger partial charge in [0.25, 0.3) is 0 Å². The number of pyridine rings is 1. The van der Waals surface area contributed by atoms with E-state index >= 15 is 0 Å². The van der Waals surface area contributed by atoms with E-state index in [-0.39, 0.29) is 11.5 Å². The van der Waals surface area contributed by atoms with Crippen LogP contribution in [0.2, 0.25) is 0 Å².